The van der Waals surface area contributed by atoms with E-state index in [-0.39, 0.29) is 11.9 Å². The number of amides is 1. The van der Waals surface area contributed by atoms with E-state index in [2.05, 4.69) is 18.1 Å². The van der Waals surface area contributed by atoms with Gasteiger partial charge in [-0.1, -0.05) is 18.2 Å². The molecule has 2 atom stereocenters. The van der Waals surface area contributed by atoms with Gasteiger partial charge in [-0.05, 0) is 51.2 Å². The number of aryl methyl sites for hydroxylation is 1. The SMILES string of the molecule is Cc1ccccc1-n1ncc(C(=O)N2CCC[C@@H]([C@@H](C)N)C2)c1C. The minimum atomic E-state index is 0.0673. The molecule has 5 heteroatoms. The smallest absolute Gasteiger partial charge is 0.257 e. The van der Waals surface area contributed by atoms with E-state index in [1.807, 2.05) is 41.6 Å². The highest BCUT2D eigenvalue weighted by Crippen LogP contribution is 2.23. The van der Waals surface area contributed by atoms with E-state index in [1.54, 1.807) is 6.20 Å². The summed E-state index contributed by atoms with van der Waals surface area (Å²) >= 11 is 0. The number of nitrogens with zero attached hydrogens (tertiary/aromatic N) is 3. The van der Waals surface area contributed by atoms with Gasteiger partial charge in [0.05, 0.1) is 23.1 Å². The molecule has 1 aliphatic heterocycles. The Labute approximate surface area is 143 Å². The second-order valence-corrected chi connectivity index (χ2v) is 6.85. The molecular weight excluding hydrogens is 300 g/mol. The third-order valence-electron chi connectivity index (χ3n) is 5.07. The van der Waals surface area contributed by atoms with Crippen molar-refractivity contribution >= 4 is 5.91 Å². The molecule has 0 unspecified atom stereocenters. The van der Waals surface area contributed by atoms with Gasteiger partial charge >= 0.3 is 0 Å². The molecule has 2 aromatic rings. The average molecular weight is 326 g/mol. The topological polar surface area (TPSA) is 64.2 Å². The Hall–Kier alpha value is -2.14. The number of rotatable bonds is 3. The Balaban J connectivity index is 1.86. The highest BCUT2D eigenvalue weighted by Gasteiger charge is 2.28. The second-order valence-electron chi connectivity index (χ2n) is 6.85. The van der Waals surface area contributed by atoms with Crippen LogP contribution in [0.4, 0.5) is 0 Å². The van der Waals surface area contributed by atoms with E-state index < -0.39 is 0 Å². The summed E-state index contributed by atoms with van der Waals surface area (Å²) in [6, 6.07) is 8.19. The van der Waals surface area contributed by atoms with Crippen molar-refractivity contribution < 1.29 is 4.79 Å². The summed E-state index contributed by atoms with van der Waals surface area (Å²) in [6.07, 6.45) is 3.81. The number of carbonyl (C=O) groups is 1. The fourth-order valence-electron chi connectivity index (χ4n) is 3.46. The maximum atomic E-state index is 13.0. The standard InChI is InChI=1S/C19H26N4O/c1-13-7-4-5-9-18(13)23-15(3)17(11-21-23)19(24)22-10-6-8-16(12-22)14(2)20/h4-5,7,9,11,14,16H,6,8,10,12,20H2,1-3H3/t14-,16-/m1/s1. The maximum absolute atomic E-state index is 13.0. The largest absolute Gasteiger partial charge is 0.338 e. The van der Waals surface area contributed by atoms with Crippen LogP contribution in [0.25, 0.3) is 5.69 Å². The normalized spacial score (nSPS) is 19.3. The van der Waals surface area contributed by atoms with Crippen LogP contribution in [0.2, 0.25) is 0 Å². The number of hydrogen-bond donors (Lipinski definition) is 1. The van der Waals surface area contributed by atoms with Gasteiger partial charge in [-0.25, -0.2) is 4.68 Å². The quantitative estimate of drug-likeness (QED) is 0.943. The lowest BCUT2D eigenvalue weighted by Gasteiger charge is -2.34. The van der Waals surface area contributed by atoms with Crippen LogP contribution in [0.3, 0.4) is 0 Å². The number of hydrogen-bond acceptors (Lipinski definition) is 3. The summed E-state index contributed by atoms with van der Waals surface area (Å²) in [7, 11) is 0. The summed E-state index contributed by atoms with van der Waals surface area (Å²) in [6.45, 7) is 7.58. The van der Waals surface area contributed by atoms with E-state index in [9.17, 15) is 4.79 Å². The summed E-state index contributed by atoms with van der Waals surface area (Å²) < 4.78 is 1.86. The highest BCUT2D eigenvalue weighted by atomic mass is 16.2. The Bertz CT molecular complexity index is 735. The lowest BCUT2D eigenvalue weighted by atomic mass is 9.92. The van der Waals surface area contributed by atoms with Crippen LogP contribution in [-0.4, -0.2) is 39.7 Å². The molecule has 3 rings (SSSR count). The molecule has 0 bridgehead atoms. The number of carbonyl (C=O) groups excluding carboxylic acids is 1. The molecule has 0 aliphatic carbocycles. The van der Waals surface area contributed by atoms with Crippen molar-refractivity contribution in [1.29, 1.82) is 0 Å². The molecule has 2 heterocycles. The van der Waals surface area contributed by atoms with Crippen LogP contribution in [0.1, 0.15) is 41.4 Å². The Morgan fingerprint density at radius 1 is 1.33 bits per heavy atom. The Morgan fingerprint density at radius 3 is 2.79 bits per heavy atom. The fourth-order valence-corrected chi connectivity index (χ4v) is 3.46. The van der Waals surface area contributed by atoms with Gasteiger partial charge in [0.1, 0.15) is 0 Å². The van der Waals surface area contributed by atoms with E-state index in [0.717, 1.165) is 42.9 Å². The van der Waals surface area contributed by atoms with E-state index in [0.29, 0.717) is 11.5 Å². The lowest BCUT2D eigenvalue weighted by molar-refractivity contribution is 0.0660. The van der Waals surface area contributed by atoms with Crippen LogP contribution in [0.15, 0.2) is 30.5 Å². The average Bonchev–Trinajstić information content (AvgIpc) is 2.96. The Morgan fingerprint density at radius 2 is 2.08 bits per heavy atom. The first kappa shape index (κ1) is 16.7. The number of benzene rings is 1. The summed E-state index contributed by atoms with van der Waals surface area (Å²) in [5.41, 5.74) is 9.76. The molecule has 1 saturated heterocycles. The molecule has 1 aliphatic rings. The zero-order chi connectivity index (χ0) is 17.3. The molecule has 1 aromatic carbocycles. The maximum Gasteiger partial charge on any atom is 0.257 e. The van der Waals surface area contributed by atoms with Crippen molar-refractivity contribution in [1.82, 2.24) is 14.7 Å². The molecule has 0 radical (unpaired) electrons. The predicted octanol–water partition coefficient (Wildman–Crippen LogP) is 2.69. The number of aromatic nitrogens is 2. The van der Waals surface area contributed by atoms with Gasteiger partial charge in [0.25, 0.3) is 5.91 Å². The van der Waals surface area contributed by atoms with Gasteiger partial charge in [-0.15, -0.1) is 0 Å². The van der Waals surface area contributed by atoms with Crippen molar-refractivity contribution in [2.24, 2.45) is 11.7 Å². The lowest BCUT2D eigenvalue weighted by Crippen LogP contribution is -2.45. The zero-order valence-electron chi connectivity index (χ0n) is 14.7. The van der Waals surface area contributed by atoms with E-state index in [1.165, 1.54) is 0 Å². The molecule has 128 valence electrons. The van der Waals surface area contributed by atoms with Crippen molar-refractivity contribution in [3.05, 3.63) is 47.3 Å². The van der Waals surface area contributed by atoms with Gasteiger partial charge in [0.15, 0.2) is 0 Å². The number of piperidine rings is 1. The van der Waals surface area contributed by atoms with Crippen LogP contribution in [0.5, 0.6) is 0 Å². The monoisotopic (exact) mass is 326 g/mol. The zero-order valence-corrected chi connectivity index (χ0v) is 14.7. The minimum Gasteiger partial charge on any atom is -0.338 e. The molecule has 1 fully saturated rings. The van der Waals surface area contributed by atoms with Crippen molar-refractivity contribution in [3.8, 4) is 5.69 Å². The third kappa shape index (κ3) is 3.08. The van der Waals surface area contributed by atoms with Gasteiger partial charge in [0, 0.05) is 19.1 Å². The summed E-state index contributed by atoms with van der Waals surface area (Å²) in [5, 5.41) is 4.46. The van der Waals surface area contributed by atoms with Gasteiger partial charge < -0.3 is 10.6 Å². The number of nitrogens with two attached hydrogens (primary N) is 1. The molecule has 1 aromatic heterocycles. The van der Waals surface area contributed by atoms with Gasteiger partial charge in [0.2, 0.25) is 0 Å². The van der Waals surface area contributed by atoms with Gasteiger partial charge in [-0.2, -0.15) is 5.10 Å². The first-order valence-electron chi connectivity index (χ1n) is 8.64. The van der Waals surface area contributed by atoms with Gasteiger partial charge in [-0.3, -0.25) is 4.79 Å². The number of para-hydroxylation sites is 1. The highest BCUT2D eigenvalue weighted by molar-refractivity contribution is 5.95. The van der Waals surface area contributed by atoms with Crippen LogP contribution in [-0.2, 0) is 0 Å². The Kier molecular flexibility index (Phi) is 4.71. The predicted molar refractivity (Wildman–Crippen MR) is 95.3 cm³/mol. The third-order valence-corrected chi connectivity index (χ3v) is 5.07. The summed E-state index contributed by atoms with van der Waals surface area (Å²) in [5.74, 6) is 0.451. The second kappa shape index (κ2) is 6.77. The molecule has 5 nitrogen and oxygen atoms in total. The minimum absolute atomic E-state index is 0.0673. The van der Waals surface area contributed by atoms with E-state index in [4.69, 9.17) is 5.73 Å². The van der Waals surface area contributed by atoms with Crippen molar-refractivity contribution in [2.45, 2.75) is 39.7 Å². The molecular formula is C19H26N4O. The molecule has 0 saturated carbocycles. The van der Waals surface area contributed by atoms with Crippen molar-refractivity contribution in [2.75, 3.05) is 13.1 Å². The van der Waals surface area contributed by atoms with E-state index >= 15 is 0 Å². The molecule has 24 heavy (non-hydrogen) atoms. The van der Waals surface area contributed by atoms with Crippen molar-refractivity contribution in [3.63, 3.8) is 0 Å². The first-order valence-corrected chi connectivity index (χ1v) is 8.64. The number of likely N-dealkylation sites (tertiary alicyclic amines) is 1. The molecule has 2 N–H and O–H groups in total. The van der Waals surface area contributed by atoms with Crippen LogP contribution < -0.4 is 5.73 Å². The first-order chi connectivity index (χ1) is 11.5. The molecule has 1 amide bonds. The summed E-state index contributed by atoms with van der Waals surface area (Å²) in [4.78, 5) is 14.9. The van der Waals surface area contributed by atoms with Crippen LogP contribution >= 0.6 is 0 Å². The molecule has 0 spiro atoms. The fraction of sp³-hybridized carbons (Fsp3) is 0.474. The van der Waals surface area contributed by atoms with Crippen LogP contribution in [0, 0.1) is 19.8 Å².